The molecule has 0 bridgehead atoms. The van der Waals surface area contributed by atoms with E-state index in [9.17, 15) is 9.50 Å². The standard InChI is InChI=1S/C15H25FN2O/c1-4-10-17-15(3,12-19)11-18(5-2)14-8-6-13(16)7-9-14/h6-9,17,19H,4-5,10-12H2,1-3H3. The summed E-state index contributed by atoms with van der Waals surface area (Å²) in [5, 5.41) is 13.0. The van der Waals surface area contributed by atoms with Gasteiger partial charge in [0.05, 0.1) is 12.1 Å². The minimum atomic E-state index is -0.347. The lowest BCUT2D eigenvalue weighted by atomic mass is 10.0. The quantitative estimate of drug-likeness (QED) is 0.760. The van der Waals surface area contributed by atoms with E-state index in [1.54, 1.807) is 12.1 Å². The van der Waals surface area contributed by atoms with E-state index >= 15 is 0 Å². The molecule has 2 N–H and O–H groups in total. The lowest BCUT2D eigenvalue weighted by Gasteiger charge is -2.36. The van der Waals surface area contributed by atoms with E-state index in [-0.39, 0.29) is 18.0 Å². The van der Waals surface area contributed by atoms with Crippen LogP contribution in [0, 0.1) is 5.82 Å². The lowest BCUT2D eigenvalue weighted by molar-refractivity contribution is 0.178. The minimum Gasteiger partial charge on any atom is -0.394 e. The number of benzene rings is 1. The highest BCUT2D eigenvalue weighted by Crippen LogP contribution is 2.17. The predicted molar refractivity (Wildman–Crippen MR) is 78.1 cm³/mol. The maximum Gasteiger partial charge on any atom is 0.123 e. The molecule has 1 atom stereocenters. The molecular weight excluding hydrogens is 243 g/mol. The molecule has 0 saturated carbocycles. The first kappa shape index (κ1) is 15.9. The number of nitrogens with zero attached hydrogens (tertiary/aromatic N) is 1. The number of anilines is 1. The fourth-order valence-electron chi connectivity index (χ4n) is 2.05. The summed E-state index contributed by atoms with van der Waals surface area (Å²) >= 11 is 0. The highest BCUT2D eigenvalue weighted by Gasteiger charge is 2.25. The average Bonchev–Trinajstić information content (AvgIpc) is 2.44. The van der Waals surface area contributed by atoms with Crippen LogP contribution in [0.2, 0.25) is 0 Å². The second kappa shape index (κ2) is 7.46. The fraction of sp³-hybridized carbons (Fsp3) is 0.600. The van der Waals surface area contributed by atoms with Crippen LogP contribution in [0.4, 0.5) is 10.1 Å². The highest BCUT2D eigenvalue weighted by atomic mass is 19.1. The maximum atomic E-state index is 13.0. The number of halogens is 1. The van der Waals surface area contributed by atoms with E-state index < -0.39 is 0 Å². The zero-order valence-electron chi connectivity index (χ0n) is 12.1. The molecular formula is C15H25FN2O. The number of likely N-dealkylation sites (N-methyl/N-ethyl adjacent to an activating group) is 1. The molecule has 108 valence electrons. The van der Waals surface area contributed by atoms with Crippen molar-refractivity contribution in [1.82, 2.24) is 5.32 Å². The Morgan fingerprint density at radius 1 is 1.26 bits per heavy atom. The second-order valence-corrected chi connectivity index (χ2v) is 5.14. The number of hydrogen-bond acceptors (Lipinski definition) is 3. The van der Waals surface area contributed by atoms with Crippen molar-refractivity contribution in [3.63, 3.8) is 0 Å². The van der Waals surface area contributed by atoms with Crippen LogP contribution in [0.3, 0.4) is 0 Å². The summed E-state index contributed by atoms with van der Waals surface area (Å²) in [5.74, 6) is -0.228. The maximum absolute atomic E-state index is 13.0. The van der Waals surface area contributed by atoms with Gasteiger partial charge in [-0.25, -0.2) is 4.39 Å². The van der Waals surface area contributed by atoms with Crippen molar-refractivity contribution in [3.05, 3.63) is 30.1 Å². The molecule has 0 aliphatic rings. The lowest BCUT2D eigenvalue weighted by Crippen LogP contribution is -2.54. The molecule has 0 radical (unpaired) electrons. The van der Waals surface area contributed by atoms with Crippen molar-refractivity contribution in [2.24, 2.45) is 0 Å². The topological polar surface area (TPSA) is 35.5 Å². The SMILES string of the molecule is CCCNC(C)(CO)CN(CC)c1ccc(F)cc1. The van der Waals surface area contributed by atoms with E-state index in [1.807, 2.05) is 6.92 Å². The van der Waals surface area contributed by atoms with E-state index in [2.05, 4.69) is 24.1 Å². The van der Waals surface area contributed by atoms with E-state index in [4.69, 9.17) is 0 Å². The molecule has 4 heteroatoms. The van der Waals surface area contributed by atoms with Gasteiger partial charge in [0.2, 0.25) is 0 Å². The molecule has 1 rings (SSSR count). The number of aliphatic hydroxyl groups is 1. The third-order valence-corrected chi connectivity index (χ3v) is 3.26. The Morgan fingerprint density at radius 3 is 2.37 bits per heavy atom. The van der Waals surface area contributed by atoms with Gasteiger partial charge in [-0.2, -0.15) is 0 Å². The van der Waals surface area contributed by atoms with Crippen molar-refractivity contribution in [2.45, 2.75) is 32.7 Å². The normalized spacial score (nSPS) is 14.2. The molecule has 3 nitrogen and oxygen atoms in total. The van der Waals surface area contributed by atoms with E-state index in [0.717, 1.165) is 25.2 Å². The molecule has 0 amide bonds. The molecule has 1 unspecified atom stereocenters. The van der Waals surface area contributed by atoms with Crippen LogP contribution < -0.4 is 10.2 Å². The first-order valence-electron chi connectivity index (χ1n) is 6.91. The monoisotopic (exact) mass is 268 g/mol. The number of aliphatic hydroxyl groups excluding tert-OH is 1. The van der Waals surface area contributed by atoms with Gasteiger partial charge in [-0.3, -0.25) is 0 Å². The number of nitrogens with one attached hydrogen (secondary N) is 1. The molecule has 0 aliphatic heterocycles. The number of rotatable bonds is 8. The zero-order valence-corrected chi connectivity index (χ0v) is 12.1. The Bertz CT molecular complexity index is 369. The summed E-state index contributed by atoms with van der Waals surface area (Å²) in [6.45, 7) is 8.61. The summed E-state index contributed by atoms with van der Waals surface area (Å²) in [6, 6.07) is 6.48. The van der Waals surface area contributed by atoms with Crippen LogP contribution in [-0.2, 0) is 0 Å². The molecule has 0 aliphatic carbocycles. The molecule has 0 aromatic heterocycles. The van der Waals surface area contributed by atoms with Crippen LogP contribution in [0.1, 0.15) is 27.2 Å². The third-order valence-electron chi connectivity index (χ3n) is 3.26. The third kappa shape index (κ3) is 4.80. The van der Waals surface area contributed by atoms with Gasteiger partial charge in [0.25, 0.3) is 0 Å². The van der Waals surface area contributed by atoms with Gasteiger partial charge >= 0.3 is 0 Å². The summed E-state index contributed by atoms with van der Waals surface area (Å²) < 4.78 is 13.0. The Labute approximate surface area is 115 Å². The van der Waals surface area contributed by atoms with Crippen LogP contribution >= 0.6 is 0 Å². The average molecular weight is 268 g/mol. The van der Waals surface area contributed by atoms with Crippen molar-refractivity contribution >= 4 is 5.69 Å². The Balaban J connectivity index is 2.76. The summed E-state index contributed by atoms with van der Waals surface area (Å²) in [6.07, 6.45) is 1.03. The Morgan fingerprint density at radius 2 is 1.89 bits per heavy atom. The van der Waals surface area contributed by atoms with Gasteiger partial charge in [0.1, 0.15) is 5.82 Å². The van der Waals surface area contributed by atoms with Gasteiger partial charge in [-0.05, 0) is 51.1 Å². The number of hydrogen-bond donors (Lipinski definition) is 2. The predicted octanol–water partition coefficient (Wildman–Crippen LogP) is 2.40. The van der Waals surface area contributed by atoms with Gasteiger partial charge in [-0.15, -0.1) is 0 Å². The summed E-state index contributed by atoms with van der Waals surface area (Å²) in [4.78, 5) is 2.14. The van der Waals surface area contributed by atoms with Gasteiger partial charge in [-0.1, -0.05) is 6.92 Å². The fourth-order valence-corrected chi connectivity index (χ4v) is 2.05. The van der Waals surface area contributed by atoms with Crippen LogP contribution in [0.15, 0.2) is 24.3 Å². The molecule has 0 saturated heterocycles. The van der Waals surface area contributed by atoms with Crippen LogP contribution in [0.25, 0.3) is 0 Å². The van der Waals surface area contributed by atoms with Crippen molar-refractivity contribution in [1.29, 1.82) is 0 Å². The summed E-state index contributed by atoms with van der Waals surface area (Å²) in [7, 11) is 0. The molecule has 19 heavy (non-hydrogen) atoms. The second-order valence-electron chi connectivity index (χ2n) is 5.14. The van der Waals surface area contributed by atoms with Crippen molar-refractivity contribution < 1.29 is 9.50 Å². The Hall–Kier alpha value is -1.13. The highest BCUT2D eigenvalue weighted by molar-refractivity contribution is 5.46. The van der Waals surface area contributed by atoms with Gasteiger partial charge < -0.3 is 15.3 Å². The summed E-state index contributed by atoms with van der Waals surface area (Å²) in [5.41, 5.74) is 0.627. The first-order valence-corrected chi connectivity index (χ1v) is 6.91. The van der Waals surface area contributed by atoms with Gasteiger partial charge in [0, 0.05) is 18.8 Å². The first-order chi connectivity index (χ1) is 9.04. The molecule has 1 aromatic carbocycles. The zero-order chi connectivity index (χ0) is 14.3. The molecule has 0 spiro atoms. The van der Waals surface area contributed by atoms with E-state index in [1.165, 1.54) is 12.1 Å². The molecule has 0 heterocycles. The van der Waals surface area contributed by atoms with Crippen LogP contribution in [0.5, 0.6) is 0 Å². The Kier molecular flexibility index (Phi) is 6.25. The van der Waals surface area contributed by atoms with E-state index in [0.29, 0.717) is 6.54 Å². The van der Waals surface area contributed by atoms with Crippen molar-refractivity contribution in [2.75, 3.05) is 31.1 Å². The molecule has 0 fully saturated rings. The van der Waals surface area contributed by atoms with Crippen molar-refractivity contribution in [3.8, 4) is 0 Å². The van der Waals surface area contributed by atoms with Crippen LogP contribution in [-0.4, -0.2) is 36.9 Å². The largest absolute Gasteiger partial charge is 0.394 e. The smallest absolute Gasteiger partial charge is 0.123 e. The van der Waals surface area contributed by atoms with Gasteiger partial charge in [0.15, 0.2) is 0 Å². The molecule has 1 aromatic rings. The minimum absolute atomic E-state index is 0.0741.